The minimum Gasteiger partial charge on any atom is -0.380 e. The van der Waals surface area contributed by atoms with Gasteiger partial charge < -0.3 is 15.4 Å². The summed E-state index contributed by atoms with van der Waals surface area (Å²) >= 11 is 0. The predicted octanol–water partition coefficient (Wildman–Crippen LogP) is 2.20. The van der Waals surface area contributed by atoms with Crippen LogP contribution in [0.4, 0.5) is 0 Å². The van der Waals surface area contributed by atoms with Crippen LogP contribution in [0.5, 0.6) is 0 Å². The zero-order chi connectivity index (χ0) is 17.9. The summed E-state index contributed by atoms with van der Waals surface area (Å²) in [5.74, 6) is 2.20. The van der Waals surface area contributed by atoms with Crippen LogP contribution in [0, 0.1) is 5.92 Å². The number of H-pyrrole nitrogens is 1. The van der Waals surface area contributed by atoms with Crippen LogP contribution in [0.1, 0.15) is 25.8 Å². The van der Waals surface area contributed by atoms with Crippen molar-refractivity contribution in [3.63, 3.8) is 0 Å². The Hall–Kier alpha value is -2.41. The van der Waals surface area contributed by atoms with Crippen molar-refractivity contribution in [2.24, 2.45) is 10.9 Å². The first-order chi connectivity index (χ1) is 12.2. The molecule has 0 spiro atoms. The molecule has 0 saturated heterocycles. The topological polar surface area (TPSA) is 87.2 Å². The number of rotatable bonds is 9. The molecule has 2 aromatic rings. The molecule has 0 aliphatic carbocycles. The Bertz CT molecular complexity index is 639. The molecule has 0 bridgehead atoms. The van der Waals surface area contributed by atoms with E-state index in [1.54, 1.807) is 7.05 Å². The van der Waals surface area contributed by atoms with Crippen LogP contribution >= 0.6 is 0 Å². The standard InChI is InChI=1S/C18H28N6O/c1-14(2)7-9-25-10-8-20-18(19-3)21-12-15-5-4-6-16(11-15)17-22-13-23-24-17/h4-6,11,13-14H,7-10,12H2,1-3H3,(H2,19,20,21)(H,22,23,24). The first kappa shape index (κ1) is 18.9. The number of nitrogens with zero attached hydrogens (tertiary/aromatic N) is 3. The molecule has 0 amide bonds. The van der Waals surface area contributed by atoms with E-state index in [2.05, 4.69) is 56.8 Å². The zero-order valence-electron chi connectivity index (χ0n) is 15.2. The lowest BCUT2D eigenvalue weighted by Crippen LogP contribution is -2.38. The van der Waals surface area contributed by atoms with Crippen molar-refractivity contribution in [1.29, 1.82) is 0 Å². The van der Waals surface area contributed by atoms with Crippen molar-refractivity contribution < 1.29 is 4.74 Å². The summed E-state index contributed by atoms with van der Waals surface area (Å²) in [7, 11) is 1.76. The Morgan fingerprint density at radius 2 is 2.16 bits per heavy atom. The second kappa shape index (κ2) is 10.5. The second-order valence-corrected chi connectivity index (χ2v) is 6.18. The molecule has 7 heteroatoms. The molecule has 0 saturated carbocycles. The maximum Gasteiger partial charge on any atom is 0.191 e. The van der Waals surface area contributed by atoms with E-state index in [9.17, 15) is 0 Å². The lowest BCUT2D eigenvalue weighted by molar-refractivity contribution is 0.128. The molecule has 0 aliphatic heterocycles. The average Bonchev–Trinajstić information content (AvgIpc) is 3.15. The third-order valence-electron chi connectivity index (χ3n) is 3.68. The Morgan fingerprint density at radius 1 is 1.28 bits per heavy atom. The molecule has 0 fully saturated rings. The average molecular weight is 344 g/mol. The summed E-state index contributed by atoms with van der Waals surface area (Å²) in [6, 6.07) is 8.16. The zero-order valence-corrected chi connectivity index (χ0v) is 15.2. The Balaban J connectivity index is 1.73. The number of guanidine groups is 1. The number of aromatic amines is 1. The van der Waals surface area contributed by atoms with Crippen LogP contribution in [0.3, 0.4) is 0 Å². The van der Waals surface area contributed by atoms with E-state index in [0.29, 0.717) is 19.1 Å². The van der Waals surface area contributed by atoms with Gasteiger partial charge in [-0.2, -0.15) is 5.10 Å². The fourth-order valence-electron chi connectivity index (χ4n) is 2.24. The Kier molecular flexibility index (Phi) is 7.91. The van der Waals surface area contributed by atoms with E-state index in [1.165, 1.54) is 6.33 Å². The smallest absolute Gasteiger partial charge is 0.191 e. The van der Waals surface area contributed by atoms with Crippen molar-refractivity contribution in [3.8, 4) is 11.4 Å². The van der Waals surface area contributed by atoms with Crippen molar-refractivity contribution in [1.82, 2.24) is 25.8 Å². The third-order valence-corrected chi connectivity index (χ3v) is 3.68. The molecule has 3 N–H and O–H groups in total. The van der Waals surface area contributed by atoms with Crippen LogP contribution in [0.15, 0.2) is 35.6 Å². The van der Waals surface area contributed by atoms with Crippen LogP contribution in [0.2, 0.25) is 0 Å². The summed E-state index contributed by atoms with van der Waals surface area (Å²) in [5.41, 5.74) is 2.16. The van der Waals surface area contributed by atoms with Gasteiger partial charge in [0.15, 0.2) is 11.8 Å². The number of aromatic nitrogens is 3. The Labute approximate surface area is 149 Å². The van der Waals surface area contributed by atoms with Gasteiger partial charge in [-0.15, -0.1) is 0 Å². The minimum atomic E-state index is 0.675. The van der Waals surface area contributed by atoms with E-state index in [4.69, 9.17) is 4.74 Å². The van der Waals surface area contributed by atoms with Gasteiger partial charge >= 0.3 is 0 Å². The summed E-state index contributed by atoms with van der Waals surface area (Å²) in [6.07, 6.45) is 2.60. The first-order valence-electron chi connectivity index (χ1n) is 8.66. The van der Waals surface area contributed by atoms with Crippen LogP contribution in [0.25, 0.3) is 11.4 Å². The van der Waals surface area contributed by atoms with Gasteiger partial charge in [0.2, 0.25) is 0 Å². The van der Waals surface area contributed by atoms with E-state index in [1.807, 2.05) is 12.1 Å². The fourth-order valence-corrected chi connectivity index (χ4v) is 2.24. The number of benzene rings is 1. The highest BCUT2D eigenvalue weighted by atomic mass is 16.5. The molecule has 1 aromatic heterocycles. The molecule has 0 atom stereocenters. The maximum absolute atomic E-state index is 5.60. The van der Waals surface area contributed by atoms with E-state index >= 15 is 0 Å². The number of aliphatic imine (C=N–C) groups is 1. The molecule has 136 valence electrons. The molecular formula is C18H28N6O. The van der Waals surface area contributed by atoms with E-state index in [-0.39, 0.29) is 0 Å². The van der Waals surface area contributed by atoms with Gasteiger partial charge in [-0.3, -0.25) is 10.1 Å². The summed E-state index contributed by atoms with van der Waals surface area (Å²) < 4.78 is 5.60. The summed E-state index contributed by atoms with van der Waals surface area (Å²) in [4.78, 5) is 8.41. The highest BCUT2D eigenvalue weighted by Gasteiger charge is 2.03. The van der Waals surface area contributed by atoms with Crippen molar-refractivity contribution >= 4 is 5.96 Å². The summed E-state index contributed by atoms with van der Waals surface area (Å²) in [6.45, 7) is 7.29. The molecule has 0 radical (unpaired) electrons. The Morgan fingerprint density at radius 3 is 2.88 bits per heavy atom. The normalized spacial score (nSPS) is 11.8. The van der Waals surface area contributed by atoms with Gasteiger partial charge in [0.05, 0.1) is 6.61 Å². The molecule has 1 aromatic carbocycles. The summed E-state index contributed by atoms with van der Waals surface area (Å²) in [5, 5.41) is 13.3. The van der Waals surface area contributed by atoms with Crippen molar-refractivity contribution in [2.75, 3.05) is 26.8 Å². The van der Waals surface area contributed by atoms with Gasteiger partial charge in [-0.1, -0.05) is 32.0 Å². The van der Waals surface area contributed by atoms with Gasteiger partial charge in [0.1, 0.15) is 6.33 Å². The number of hydrogen-bond donors (Lipinski definition) is 3. The van der Waals surface area contributed by atoms with Gasteiger partial charge in [0, 0.05) is 32.3 Å². The predicted molar refractivity (Wildman–Crippen MR) is 100 cm³/mol. The fraction of sp³-hybridized carbons (Fsp3) is 0.500. The molecule has 2 rings (SSSR count). The van der Waals surface area contributed by atoms with Crippen LogP contribution < -0.4 is 10.6 Å². The first-order valence-corrected chi connectivity index (χ1v) is 8.66. The molecular weight excluding hydrogens is 316 g/mol. The quantitative estimate of drug-likeness (QED) is 0.369. The monoisotopic (exact) mass is 344 g/mol. The molecule has 0 aliphatic rings. The number of hydrogen-bond acceptors (Lipinski definition) is 4. The van der Waals surface area contributed by atoms with Gasteiger partial charge in [0.25, 0.3) is 0 Å². The van der Waals surface area contributed by atoms with Crippen molar-refractivity contribution in [3.05, 3.63) is 36.2 Å². The van der Waals surface area contributed by atoms with Gasteiger partial charge in [-0.25, -0.2) is 4.98 Å². The second-order valence-electron chi connectivity index (χ2n) is 6.18. The number of nitrogens with one attached hydrogen (secondary N) is 3. The SMILES string of the molecule is CN=C(NCCOCCC(C)C)NCc1cccc(-c2ncn[nH]2)c1. The lowest BCUT2D eigenvalue weighted by atomic mass is 10.1. The van der Waals surface area contributed by atoms with E-state index in [0.717, 1.165) is 42.5 Å². The largest absolute Gasteiger partial charge is 0.380 e. The number of ether oxygens (including phenoxy) is 1. The highest BCUT2D eigenvalue weighted by molar-refractivity contribution is 5.79. The molecule has 0 unspecified atom stereocenters. The molecule has 7 nitrogen and oxygen atoms in total. The van der Waals surface area contributed by atoms with Crippen molar-refractivity contribution in [2.45, 2.75) is 26.8 Å². The molecule has 1 heterocycles. The van der Waals surface area contributed by atoms with E-state index < -0.39 is 0 Å². The van der Waals surface area contributed by atoms with Crippen LogP contribution in [-0.2, 0) is 11.3 Å². The maximum atomic E-state index is 5.60. The highest BCUT2D eigenvalue weighted by Crippen LogP contribution is 2.15. The lowest BCUT2D eigenvalue weighted by Gasteiger charge is -2.13. The van der Waals surface area contributed by atoms with Gasteiger partial charge in [-0.05, 0) is 24.0 Å². The minimum absolute atomic E-state index is 0.675. The third kappa shape index (κ3) is 6.93. The van der Waals surface area contributed by atoms with Crippen LogP contribution in [-0.4, -0.2) is 47.9 Å². The molecule has 25 heavy (non-hydrogen) atoms.